The summed E-state index contributed by atoms with van der Waals surface area (Å²) in [6, 6.07) is 51.3. The van der Waals surface area contributed by atoms with E-state index >= 15 is 0 Å². The van der Waals surface area contributed by atoms with Gasteiger partial charge >= 0.3 is 0 Å². The van der Waals surface area contributed by atoms with E-state index in [9.17, 15) is 0 Å². The second-order valence-corrected chi connectivity index (χ2v) is 13.0. The largest absolute Gasteiger partial charge is 0.280 e. The van der Waals surface area contributed by atoms with Crippen molar-refractivity contribution < 1.29 is 0 Å². The van der Waals surface area contributed by atoms with Gasteiger partial charge in [-0.1, -0.05) is 121 Å². The number of aromatic nitrogens is 2. The average Bonchev–Trinajstić information content (AvgIpc) is 3.66. The van der Waals surface area contributed by atoms with Gasteiger partial charge in [0.05, 0.1) is 22.4 Å². The third-order valence-corrected chi connectivity index (χ3v) is 10.5. The minimum Gasteiger partial charge on any atom is -0.280 e. The summed E-state index contributed by atoms with van der Waals surface area (Å²) in [7, 11) is 0. The molecule has 11 rings (SSSR count). The van der Waals surface area contributed by atoms with Gasteiger partial charge in [0.1, 0.15) is 0 Å². The van der Waals surface area contributed by atoms with Gasteiger partial charge in [-0.25, -0.2) is 4.98 Å². The molecule has 3 nitrogen and oxygen atoms in total. The van der Waals surface area contributed by atoms with E-state index in [1.165, 1.54) is 66.4 Å². The third kappa shape index (κ3) is 3.45. The maximum Gasteiger partial charge on any atom is 0.220 e. The van der Waals surface area contributed by atoms with Crippen LogP contribution in [-0.2, 0) is 6.42 Å². The monoisotopic (exact) mass is 611 g/mol. The minimum absolute atomic E-state index is 0.905. The molecule has 8 aromatic rings. The highest BCUT2D eigenvalue weighted by molar-refractivity contribution is 6.18. The molecule has 2 aliphatic carbocycles. The number of nitrogens with zero attached hydrogens (tertiary/aromatic N) is 3. The van der Waals surface area contributed by atoms with Crippen molar-refractivity contribution in [3.8, 4) is 50.2 Å². The van der Waals surface area contributed by atoms with Crippen molar-refractivity contribution in [1.29, 1.82) is 0 Å². The van der Waals surface area contributed by atoms with Crippen LogP contribution in [-0.4, -0.2) is 9.55 Å². The van der Waals surface area contributed by atoms with Gasteiger partial charge in [0.25, 0.3) is 0 Å². The molecule has 0 saturated heterocycles. The van der Waals surface area contributed by atoms with E-state index < -0.39 is 0 Å². The van der Waals surface area contributed by atoms with Gasteiger partial charge in [0.2, 0.25) is 5.95 Å². The highest BCUT2D eigenvalue weighted by Crippen LogP contribution is 2.51. The Kier molecular flexibility index (Phi) is 5.22. The molecule has 2 heterocycles. The van der Waals surface area contributed by atoms with Crippen LogP contribution in [0.2, 0.25) is 0 Å². The average molecular weight is 612 g/mol. The van der Waals surface area contributed by atoms with Crippen LogP contribution in [0.4, 0.5) is 17.3 Å². The molecular weight excluding hydrogens is 583 g/mol. The molecule has 224 valence electrons. The summed E-state index contributed by atoms with van der Waals surface area (Å²) in [4.78, 5) is 7.90. The lowest BCUT2D eigenvalue weighted by Gasteiger charge is -2.25. The van der Waals surface area contributed by atoms with Crippen LogP contribution in [0.3, 0.4) is 0 Å². The van der Waals surface area contributed by atoms with Gasteiger partial charge in [-0.2, -0.15) is 0 Å². The molecule has 3 aliphatic rings. The number of anilines is 3. The Morgan fingerprint density at radius 3 is 2.08 bits per heavy atom. The van der Waals surface area contributed by atoms with Crippen LogP contribution >= 0.6 is 0 Å². The molecule has 3 heteroatoms. The maximum absolute atomic E-state index is 5.53. The second kappa shape index (κ2) is 9.66. The Morgan fingerprint density at radius 2 is 1.23 bits per heavy atom. The van der Waals surface area contributed by atoms with E-state index in [0.717, 1.165) is 46.9 Å². The standard InChI is InChI=1S/C45H29N3/c1-2-14-32-28(11-1)23-26-42-44(32)46-45-47(40-21-7-5-17-35(40)36-18-6-8-22-41(36)48(42)45)30-13-9-12-29(27-30)31-24-25-39-34-16-4-3-15-33(34)38-20-10-19-37(31)43(38)39/h2-10,12-27H,1,11H2. The zero-order valence-corrected chi connectivity index (χ0v) is 26.2. The fraction of sp³-hybridized carbons (Fsp3) is 0.0444. The topological polar surface area (TPSA) is 21.1 Å². The highest BCUT2D eigenvalue weighted by atomic mass is 15.3. The zero-order valence-electron chi connectivity index (χ0n) is 26.2. The van der Waals surface area contributed by atoms with Gasteiger partial charge in [0, 0.05) is 22.4 Å². The summed E-state index contributed by atoms with van der Waals surface area (Å²) in [6.45, 7) is 0. The Morgan fingerprint density at radius 1 is 0.542 bits per heavy atom. The van der Waals surface area contributed by atoms with E-state index in [1.54, 1.807) is 0 Å². The first kappa shape index (κ1) is 25.9. The third-order valence-electron chi connectivity index (χ3n) is 10.5. The number of allylic oxidation sites excluding steroid dienone is 1. The number of aryl methyl sites for hydroxylation is 1. The number of rotatable bonds is 2. The summed E-state index contributed by atoms with van der Waals surface area (Å²) in [5, 5.41) is 2.63. The van der Waals surface area contributed by atoms with Crippen LogP contribution < -0.4 is 4.90 Å². The lowest BCUT2D eigenvalue weighted by Crippen LogP contribution is -2.14. The molecule has 0 saturated carbocycles. The van der Waals surface area contributed by atoms with E-state index in [0.29, 0.717) is 0 Å². The van der Waals surface area contributed by atoms with E-state index in [1.807, 2.05) is 0 Å². The molecule has 0 bridgehead atoms. The maximum atomic E-state index is 5.53. The normalized spacial score (nSPS) is 13.5. The van der Waals surface area contributed by atoms with Gasteiger partial charge < -0.3 is 0 Å². The van der Waals surface area contributed by atoms with Crippen LogP contribution in [0.25, 0.3) is 78.1 Å². The van der Waals surface area contributed by atoms with Crippen LogP contribution in [0, 0.1) is 0 Å². The lowest BCUT2D eigenvalue weighted by atomic mass is 9.94. The SMILES string of the molecule is C1=Cc2c(ccc3c2nc2n3-c3ccccc3-c3ccccc3N2c2cccc(-c3ccc4c5c(cccc35)-c3ccccc3-4)c2)CC1. The quantitative estimate of drug-likeness (QED) is 0.194. The Bertz CT molecular complexity index is 2660. The number of benzene rings is 7. The summed E-state index contributed by atoms with van der Waals surface area (Å²) in [5.74, 6) is 0.905. The van der Waals surface area contributed by atoms with E-state index in [2.05, 4.69) is 161 Å². The van der Waals surface area contributed by atoms with Crippen molar-refractivity contribution in [2.24, 2.45) is 0 Å². The molecule has 0 radical (unpaired) electrons. The van der Waals surface area contributed by atoms with E-state index in [4.69, 9.17) is 4.98 Å². The van der Waals surface area contributed by atoms with Crippen molar-refractivity contribution in [1.82, 2.24) is 9.55 Å². The zero-order chi connectivity index (χ0) is 31.3. The number of para-hydroxylation sites is 2. The van der Waals surface area contributed by atoms with Gasteiger partial charge in [-0.3, -0.25) is 9.47 Å². The van der Waals surface area contributed by atoms with Crippen LogP contribution in [0.5, 0.6) is 0 Å². The lowest BCUT2D eigenvalue weighted by molar-refractivity contribution is 0.988. The molecule has 7 aromatic carbocycles. The van der Waals surface area contributed by atoms with Crippen molar-refractivity contribution in [2.45, 2.75) is 12.8 Å². The van der Waals surface area contributed by atoms with Crippen molar-refractivity contribution >= 4 is 45.2 Å². The first-order valence-electron chi connectivity index (χ1n) is 16.8. The fourth-order valence-electron chi connectivity index (χ4n) is 8.45. The van der Waals surface area contributed by atoms with Gasteiger partial charge in [0.15, 0.2) is 0 Å². The Hall–Kier alpha value is -6.19. The predicted octanol–water partition coefficient (Wildman–Crippen LogP) is 11.9. The van der Waals surface area contributed by atoms with E-state index in [-0.39, 0.29) is 0 Å². The number of hydrogen-bond acceptors (Lipinski definition) is 2. The highest BCUT2D eigenvalue weighted by Gasteiger charge is 2.30. The van der Waals surface area contributed by atoms with Gasteiger partial charge in [-0.05, 0) is 92.9 Å². The predicted molar refractivity (Wildman–Crippen MR) is 199 cm³/mol. The molecule has 48 heavy (non-hydrogen) atoms. The van der Waals surface area contributed by atoms with Gasteiger partial charge in [-0.15, -0.1) is 0 Å². The molecule has 1 aliphatic heterocycles. The molecule has 0 fully saturated rings. The van der Waals surface area contributed by atoms with Crippen molar-refractivity contribution in [3.63, 3.8) is 0 Å². The molecule has 0 amide bonds. The smallest absolute Gasteiger partial charge is 0.220 e. The molecule has 0 N–H and O–H groups in total. The summed E-state index contributed by atoms with van der Waals surface area (Å²) < 4.78 is 2.37. The van der Waals surface area contributed by atoms with Crippen LogP contribution in [0.1, 0.15) is 17.5 Å². The number of fused-ring (bicyclic) bond motifs is 12. The number of imidazole rings is 1. The molecule has 0 spiro atoms. The summed E-state index contributed by atoms with van der Waals surface area (Å²) in [6.07, 6.45) is 6.68. The summed E-state index contributed by atoms with van der Waals surface area (Å²) >= 11 is 0. The van der Waals surface area contributed by atoms with Crippen molar-refractivity contribution in [2.75, 3.05) is 4.90 Å². The molecule has 0 atom stereocenters. The second-order valence-electron chi connectivity index (χ2n) is 13.0. The molecular formula is C45H29N3. The fourth-order valence-corrected chi connectivity index (χ4v) is 8.45. The minimum atomic E-state index is 0.905. The van der Waals surface area contributed by atoms with Crippen LogP contribution in [0.15, 0.2) is 146 Å². The molecule has 1 aromatic heterocycles. The Balaban J connectivity index is 1.17. The first-order chi connectivity index (χ1) is 23.8. The van der Waals surface area contributed by atoms with Crippen molar-refractivity contribution in [3.05, 3.63) is 157 Å². The molecule has 0 unspecified atom stereocenters. The Labute approximate surface area is 278 Å². The first-order valence-corrected chi connectivity index (χ1v) is 16.8. The summed E-state index contributed by atoms with van der Waals surface area (Å²) in [5.41, 5.74) is 18.3. The number of hydrogen-bond donors (Lipinski definition) is 0.